The van der Waals surface area contributed by atoms with E-state index in [0.29, 0.717) is 0 Å². The van der Waals surface area contributed by atoms with E-state index in [1.54, 1.807) is 0 Å². The Morgan fingerprint density at radius 3 is 2.69 bits per heavy atom. The molecule has 0 saturated carbocycles. The fourth-order valence-electron chi connectivity index (χ4n) is 2.96. The van der Waals surface area contributed by atoms with Gasteiger partial charge in [-0.3, -0.25) is 0 Å². The lowest BCUT2D eigenvalue weighted by atomic mass is 10.0. The first kappa shape index (κ1) is 10.1. The number of hydrogen-bond acceptors (Lipinski definition) is 4. The highest BCUT2D eigenvalue weighted by Crippen LogP contribution is 2.40. The number of hydrogen-bond donors (Lipinski definition) is 3. The molecule has 1 aromatic carbocycles. The normalized spacial score (nSPS) is 36.3. The molecule has 3 rings (SSSR count). The zero-order valence-electron chi connectivity index (χ0n) is 8.82. The average molecular weight is 221 g/mol. The van der Waals surface area contributed by atoms with Crippen molar-refractivity contribution in [1.82, 2.24) is 0 Å². The number of nitrogens with zero attached hydrogens (tertiary/aromatic N) is 1. The number of benzene rings is 1. The lowest BCUT2D eigenvalue weighted by molar-refractivity contribution is 0.0197. The van der Waals surface area contributed by atoms with Crippen LogP contribution in [0.5, 0.6) is 0 Å². The molecular formula is C12H15NO3. The first-order valence-corrected chi connectivity index (χ1v) is 5.57. The highest BCUT2D eigenvalue weighted by Gasteiger charge is 2.50. The Hall–Kier alpha value is -1.10. The maximum Gasteiger partial charge on any atom is 0.104 e. The van der Waals surface area contributed by atoms with Gasteiger partial charge in [0.1, 0.15) is 12.2 Å². The van der Waals surface area contributed by atoms with Crippen LogP contribution in [-0.4, -0.2) is 46.2 Å². The fraction of sp³-hybridized carbons (Fsp3) is 0.500. The van der Waals surface area contributed by atoms with Crippen LogP contribution in [0, 0.1) is 0 Å². The summed E-state index contributed by atoms with van der Waals surface area (Å²) in [7, 11) is 0. The van der Waals surface area contributed by atoms with Gasteiger partial charge < -0.3 is 20.2 Å². The Bertz CT molecular complexity index is 407. The highest BCUT2D eigenvalue weighted by atomic mass is 16.3. The molecule has 0 unspecified atom stereocenters. The Morgan fingerprint density at radius 1 is 1.19 bits per heavy atom. The molecule has 0 amide bonds. The molecule has 0 radical (unpaired) electrons. The summed E-state index contributed by atoms with van der Waals surface area (Å²) in [5.41, 5.74) is 2.21. The topological polar surface area (TPSA) is 63.9 Å². The number of aliphatic hydroxyl groups is 3. The van der Waals surface area contributed by atoms with Gasteiger partial charge >= 0.3 is 0 Å². The van der Waals surface area contributed by atoms with Gasteiger partial charge in [0, 0.05) is 5.69 Å². The van der Waals surface area contributed by atoms with Crippen LogP contribution in [0.1, 0.15) is 5.56 Å². The van der Waals surface area contributed by atoms with Crippen LogP contribution < -0.4 is 4.90 Å². The summed E-state index contributed by atoms with van der Waals surface area (Å²) in [5, 5.41) is 29.1. The largest absolute Gasteiger partial charge is 0.394 e. The summed E-state index contributed by atoms with van der Waals surface area (Å²) >= 11 is 0. The van der Waals surface area contributed by atoms with Gasteiger partial charge in [0.05, 0.1) is 18.7 Å². The van der Waals surface area contributed by atoms with Gasteiger partial charge in [0.25, 0.3) is 0 Å². The van der Waals surface area contributed by atoms with Gasteiger partial charge in [0.15, 0.2) is 0 Å². The smallest absolute Gasteiger partial charge is 0.104 e. The molecule has 2 aliphatic heterocycles. The lowest BCUT2D eigenvalue weighted by Gasteiger charge is -2.26. The number of para-hydroxylation sites is 1. The Morgan fingerprint density at radius 2 is 1.94 bits per heavy atom. The second-order valence-corrected chi connectivity index (χ2v) is 4.54. The Balaban J connectivity index is 2.04. The van der Waals surface area contributed by atoms with Crippen LogP contribution >= 0.6 is 0 Å². The van der Waals surface area contributed by atoms with Crippen LogP contribution in [0.2, 0.25) is 0 Å². The molecule has 0 spiro atoms. The van der Waals surface area contributed by atoms with E-state index >= 15 is 0 Å². The molecule has 0 aromatic heterocycles. The number of fused-ring (bicyclic) bond motifs is 3. The van der Waals surface area contributed by atoms with Crippen molar-refractivity contribution in [3.63, 3.8) is 0 Å². The number of rotatable bonds is 1. The minimum atomic E-state index is -0.858. The van der Waals surface area contributed by atoms with E-state index in [4.69, 9.17) is 0 Å². The predicted octanol–water partition coefficient (Wildman–Crippen LogP) is -0.486. The maximum absolute atomic E-state index is 9.94. The van der Waals surface area contributed by atoms with Crippen molar-refractivity contribution in [2.75, 3.05) is 11.5 Å². The average Bonchev–Trinajstić information content (AvgIpc) is 2.78. The quantitative estimate of drug-likeness (QED) is 0.599. The van der Waals surface area contributed by atoms with Crippen LogP contribution in [0.25, 0.3) is 0 Å². The van der Waals surface area contributed by atoms with Gasteiger partial charge in [-0.2, -0.15) is 0 Å². The van der Waals surface area contributed by atoms with Gasteiger partial charge in [-0.05, 0) is 18.1 Å². The number of aliphatic hydroxyl groups excluding tert-OH is 3. The zero-order chi connectivity index (χ0) is 11.3. The lowest BCUT2D eigenvalue weighted by Crippen LogP contribution is -2.39. The summed E-state index contributed by atoms with van der Waals surface area (Å²) in [6.45, 7) is -0.136. The van der Waals surface area contributed by atoms with Crippen LogP contribution in [-0.2, 0) is 6.42 Å². The minimum absolute atomic E-state index is 0.0930. The fourth-order valence-corrected chi connectivity index (χ4v) is 2.96. The molecule has 0 bridgehead atoms. The van der Waals surface area contributed by atoms with Gasteiger partial charge in [-0.25, -0.2) is 0 Å². The molecule has 2 aliphatic rings. The maximum atomic E-state index is 9.94. The Kier molecular flexibility index (Phi) is 2.17. The van der Waals surface area contributed by atoms with Crippen molar-refractivity contribution < 1.29 is 15.3 Å². The summed E-state index contributed by atoms with van der Waals surface area (Å²) in [6, 6.07) is 7.43. The molecular weight excluding hydrogens is 206 g/mol. The van der Waals surface area contributed by atoms with Crippen molar-refractivity contribution in [3.8, 4) is 0 Å². The summed E-state index contributed by atoms with van der Waals surface area (Å²) in [4.78, 5) is 1.96. The molecule has 1 fully saturated rings. The van der Waals surface area contributed by atoms with Crippen LogP contribution in [0.3, 0.4) is 0 Å². The third kappa shape index (κ3) is 1.15. The molecule has 3 N–H and O–H groups in total. The predicted molar refractivity (Wildman–Crippen MR) is 59.3 cm³/mol. The third-order valence-corrected chi connectivity index (χ3v) is 3.74. The molecule has 86 valence electrons. The zero-order valence-corrected chi connectivity index (χ0v) is 8.82. The van der Waals surface area contributed by atoms with Crippen molar-refractivity contribution >= 4 is 5.69 Å². The molecule has 4 heteroatoms. The van der Waals surface area contributed by atoms with E-state index in [1.165, 1.54) is 5.56 Å². The van der Waals surface area contributed by atoms with E-state index in [-0.39, 0.29) is 18.7 Å². The van der Waals surface area contributed by atoms with Crippen molar-refractivity contribution in [2.24, 2.45) is 0 Å². The molecule has 2 heterocycles. The molecule has 1 aromatic rings. The monoisotopic (exact) mass is 221 g/mol. The third-order valence-electron chi connectivity index (χ3n) is 3.74. The van der Waals surface area contributed by atoms with Crippen molar-refractivity contribution in [2.45, 2.75) is 30.7 Å². The molecule has 4 atom stereocenters. The van der Waals surface area contributed by atoms with Crippen LogP contribution in [0.4, 0.5) is 5.69 Å². The minimum Gasteiger partial charge on any atom is -0.394 e. The SMILES string of the molecule is OC[C@H]1[C@H](O)[C@@H](O)[C@@H]2Cc3ccccc3N12. The highest BCUT2D eigenvalue weighted by molar-refractivity contribution is 5.62. The second-order valence-electron chi connectivity index (χ2n) is 4.54. The van der Waals surface area contributed by atoms with E-state index in [1.807, 2.05) is 29.2 Å². The standard InChI is InChI=1S/C12H15NO3/c14-6-10-12(16)11(15)9-5-7-3-1-2-4-8(7)13(9)10/h1-4,9-12,14-16H,5-6H2/t9-,10-,11-,12-/m0/s1. The van der Waals surface area contributed by atoms with Gasteiger partial charge in [-0.1, -0.05) is 18.2 Å². The van der Waals surface area contributed by atoms with Gasteiger partial charge in [-0.15, -0.1) is 0 Å². The van der Waals surface area contributed by atoms with E-state index in [9.17, 15) is 15.3 Å². The van der Waals surface area contributed by atoms with Gasteiger partial charge in [0.2, 0.25) is 0 Å². The summed E-state index contributed by atoms with van der Waals surface area (Å²) in [5.74, 6) is 0. The van der Waals surface area contributed by atoms with Crippen molar-refractivity contribution in [1.29, 1.82) is 0 Å². The second kappa shape index (κ2) is 3.45. The van der Waals surface area contributed by atoms with Crippen molar-refractivity contribution in [3.05, 3.63) is 29.8 Å². The molecule has 4 nitrogen and oxygen atoms in total. The van der Waals surface area contributed by atoms with Crippen LogP contribution in [0.15, 0.2) is 24.3 Å². The summed E-state index contributed by atoms with van der Waals surface area (Å²) in [6.07, 6.45) is -0.891. The molecule has 0 aliphatic carbocycles. The first-order valence-electron chi connectivity index (χ1n) is 5.57. The first-order chi connectivity index (χ1) is 7.74. The van der Waals surface area contributed by atoms with E-state index < -0.39 is 12.2 Å². The van der Waals surface area contributed by atoms with E-state index in [2.05, 4.69) is 0 Å². The van der Waals surface area contributed by atoms with E-state index in [0.717, 1.165) is 12.1 Å². The molecule has 1 saturated heterocycles. The molecule has 16 heavy (non-hydrogen) atoms. The number of anilines is 1. The summed E-state index contributed by atoms with van der Waals surface area (Å²) < 4.78 is 0. The Labute approximate surface area is 93.8 Å².